The summed E-state index contributed by atoms with van der Waals surface area (Å²) >= 11 is 0. The first kappa shape index (κ1) is 26.1. The van der Waals surface area contributed by atoms with Crippen LogP contribution >= 0.6 is 0 Å². The third-order valence-electron chi connectivity index (χ3n) is 7.05. The van der Waals surface area contributed by atoms with Crippen LogP contribution in [0.5, 0.6) is 5.88 Å². The number of pyridine rings is 1. The average molecular weight is 505 g/mol. The van der Waals surface area contributed by atoms with E-state index in [1.807, 2.05) is 13.8 Å². The van der Waals surface area contributed by atoms with Gasteiger partial charge in [-0.15, -0.1) is 0 Å². The number of likely N-dealkylation sites (tertiary alicyclic amines) is 1. The van der Waals surface area contributed by atoms with Crippen LogP contribution in [-0.4, -0.2) is 64.6 Å². The molecule has 2 heterocycles. The van der Waals surface area contributed by atoms with Gasteiger partial charge in [-0.25, -0.2) is 9.78 Å². The number of carboxylic acid groups (broad SMARTS) is 1. The molecule has 37 heavy (non-hydrogen) atoms. The molecule has 4 rings (SSSR count). The molecular weight excluding hydrogens is 472 g/mol. The van der Waals surface area contributed by atoms with E-state index >= 15 is 0 Å². The van der Waals surface area contributed by atoms with Gasteiger partial charge in [-0.05, 0) is 68.5 Å². The molecule has 2 fully saturated rings. The Morgan fingerprint density at radius 3 is 2.38 bits per heavy atom. The van der Waals surface area contributed by atoms with Crippen molar-refractivity contribution in [2.24, 2.45) is 16.1 Å². The van der Waals surface area contributed by atoms with Crippen molar-refractivity contribution in [3.63, 3.8) is 0 Å². The van der Waals surface area contributed by atoms with Crippen molar-refractivity contribution in [1.82, 2.24) is 9.88 Å². The van der Waals surface area contributed by atoms with Crippen LogP contribution in [0, 0.1) is 5.41 Å². The van der Waals surface area contributed by atoms with Crippen LogP contribution in [0.2, 0.25) is 0 Å². The second-order valence-corrected chi connectivity index (χ2v) is 10.00. The summed E-state index contributed by atoms with van der Waals surface area (Å²) in [6.07, 6.45) is 4.00. The lowest BCUT2D eigenvalue weighted by molar-refractivity contribution is -0.116. The fourth-order valence-electron chi connectivity index (χ4n) is 5.09. The summed E-state index contributed by atoms with van der Waals surface area (Å²) in [7, 11) is 1.48. The van der Waals surface area contributed by atoms with Gasteiger partial charge in [-0.2, -0.15) is 0 Å². The number of Topliss-reactive ketones (excluding diaryl/α,β-unsaturated/α-hetero) is 1. The van der Waals surface area contributed by atoms with Crippen molar-refractivity contribution in [3.8, 4) is 17.1 Å². The van der Waals surface area contributed by atoms with Crippen molar-refractivity contribution in [2.75, 3.05) is 20.2 Å². The molecule has 194 valence electrons. The second-order valence-electron chi connectivity index (χ2n) is 10.00. The van der Waals surface area contributed by atoms with Gasteiger partial charge in [0.25, 0.3) is 5.91 Å². The number of carbonyl (C=O) groups excluding carboxylic acids is 2. The molecule has 9 heteroatoms. The minimum absolute atomic E-state index is 0.0137. The number of ether oxygens (including phenoxy) is 1. The molecule has 1 aromatic heterocycles. The van der Waals surface area contributed by atoms with Gasteiger partial charge in [-0.1, -0.05) is 12.1 Å². The highest BCUT2D eigenvalue weighted by atomic mass is 16.5. The lowest BCUT2D eigenvalue weighted by atomic mass is 9.65. The first-order chi connectivity index (χ1) is 17.6. The number of aromatic carboxylic acids is 1. The number of piperidine rings is 1. The third kappa shape index (κ3) is 5.55. The summed E-state index contributed by atoms with van der Waals surface area (Å²) in [6.45, 7) is 4.92. The standard InChI is InChI=1S/C28H32N4O5/c1-17(2)30-25-21(16-29)14-28(15-23(25)33)8-10-32(11-9-28)26(34)20-12-22(31-24(13-20)37-3)18-4-6-19(7-5-18)27(35)36/h4-7,12-13,16-17H,8-11,14-15,29H2,1-3H3,(H,35,36)/b21-16-,30-25?. The summed E-state index contributed by atoms with van der Waals surface area (Å²) in [5.74, 6) is -0.836. The van der Waals surface area contributed by atoms with E-state index < -0.39 is 5.97 Å². The third-order valence-corrected chi connectivity index (χ3v) is 7.05. The van der Waals surface area contributed by atoms with E-state index in [-0.39, 0.29) is 28.7 Å². The molecule has 3 N–H and O–H groups in total. The topological polar surface area (TPSA) is 135 Å². The fourth-order valence-corrected chi connectivity index (χ4v) is 5.09. The minimum atomic E-state index is -1.01. The molecule has 0 unspecified atom stereocenters. The number of hydrogen-bond donors (Lipinski definition) is 2. The normalized spacial score (nSPS) is 19.6. The number of hydrogen-bond acceptors (Lipinski definition) is 7. The van der Waals surface area contributed by atoms with Gasteiger partial charge in [0, 0.05) is 42.7 Å². The van der Waals surface area contributed by atoms with E-state index in [0.717, 1.165) is 5.57 Å². The summed E-state index contributed by atoms with van der Waals surface area (Å²) in [5.41, 5.74) is 8.75. The minimum Gasteiger partial charge on any atom is -0.481 e. The maximum atomic E-state index is 13.5. The fraction of sp³-hybridized carbons (Fsp3) is 0.393. The molecular formula is C28H32N4O5. The number of amides is 1. The number of ketones is 1. The molecule has 0 atom stereocenters. The predicted molar refractivity (Wildman–Crippen MR) is 140 cm³/mol. The van der Waals surface area contributed by atoms with Gasteiger partial charge >= 0.3 is 5.97 Å². The van der Waals surface area contributed by atoms with Crippen molar-refractivity contribution in [3.05, 3.63) is 59.3 Å². The summed E-state index contributed by atoms with van der Waals surface area (Å²) < 4.78 is 5.34. The molecule has 1 aliphatic heterocycles. The Morgan fingerprint density at radius 2 is 1.81 bits per heavy atom. The summed E-state index contributed by atoms with van der Waals surface area (Å²) in [4.78, 5) is 48.3. The van der Waals surface area contributed by atoms with Gasteiger partial charge in [0.05, 0.1) is 18.4 Å². The number of aliphatic imine (C=N–C) groups is 1. The zero-order valence-corrected chi connectivity index (χ0v) is 21.4. The van der Waals surface area contributed by atoms with E-state index in [0.29, 0.717) is 67.2 Å². The summed E-state index contributed by atoms with van der Waals surface area (Å²) in [5, 5.41) is 9.15. The van der Waals surface area contributed by atoms with Crippen molar-refractivity contribution < 1.29 is 24.2 Å². The zero-order valence-electron chi connectivity index (χ0n) is 21.4. The van der Waals surface area contributed by atoms with E-state index in [2.05, 4.69) is 9.98 Å². The largest absolute Gasteiger partial charge is 0.481 e. The maximum absolute atomic E-state index is 13.5. The number of benzene rings is 1. The molecule has 1 aromatic carbocycles. The van der Waals surface area contributed by atoms with Crippen molar-refractivity contribution in [2.45, 2.75) is 45.6 Å². The van der Waals surface area contributed by atoms with Gasteiger partial charge < -0.3 is 20.5 Å². The Balaban J connectivity index is 1.51. The number of nitrogens with two attached hydrogens (primary N) is 1. The molecule has 1 aliphatic carbocycles. The Kier molecular flexibility index (Phi) is 7.42. The highest BCUT2D eigenvalue weighted by molar-refractivity contribution is 6.47. The Labute approximate surface area is 216 Å². The zero-order chi connectivity index (χ0) is 26.7. The maximum Gasteiger partial charge on any atom is 0.335 e. The molecule has 2 aliphatic rings. The molecule has 9 nitrogen and oxygen atoms in total. The van der Waals surface area contributed by atoms with Gasteiger partial charge in [0.1, 0.15) is 5.71 Å². The van der Waals surface area contributed by atoms with E-state index in [4.69, 9.17) is 15.6 Å². The van der Waals surface area contributed by atoms with E-state index in [1.165, 1.54) is 25.4 Å². The van der Waals surface area contributed by atoms with E-state index in [9.17, 15) is 14.4 Å². The van der Waals surface area contributed by atoms with Gasteiger partial charge in [-0.3, -0.25) is 14.6 Å². The smallest absolute Gasteiger partial charge is 0.335 e. The molecule has 1 saturated heterocycles. The molecule has 0 bridgehead atoms. The molecule has 0 radical (unpaired) electrons. The summed E-state index contributed by atoms with van der Waals surface area (Å²) in [6, 6.07) is 9.62. The van der Waals surface area contributed by atoms with Crippen LogP contribution in [-0.2, 0) is 4.79 Å². The lowest BCUT2D eigenvalue weighted by Gasteiger charge is -2.44. The van der Waals surface area contributed by atoms with Crippen LogP contribution in [0.4, 0.5) is 0 Å². The van der Waals surface area contributed by atoms with Crippen LogP contribution in [0.25, 0.3) is 11.3 Å². The number of aromatic nitrogens is 1. The van der Waals surface area contributed by atoms with Crippen molar-refractivity contribution >= 4 is 23.4 Å². The van der Waals surface area contributed by atoms with Crippen LogP contribution in [0.15, 0.2) is 53.2 Å². The Bertz CT molecular complexity index is 1270. The number of allylic oxidation sites excluding steroid dienone is 1. The second kappa shape index (κ2) is 10.5. The Morgan fingerprint density at radius 1 is 1.14 bits per heavy atom. The average Bonchev–Trinajstić information content (AvgIpc) is 2.89. The lowest BCUT2D eigenvalue weighted by Crippen LogP contribution is -2.47. The Hall–Kier alpha value is -4.01. The van der Waals surface area contributed by atoms with E-state index in [1.54, 1.807) is 29.2 Å². The number of methoxy groups -OCH3 is 1. The van der Waals surface area contributed by atoms with Crippen molar-refractivity contribution in [1.29, 1.82) is 0 Å². The number of rotatable bonds is 5. The van der Waals surface area contributed by atoms with Crippen LogP contribution in [0.3, 0.4) is 0 Å². The molecule has 2 aromatic rings. The number of carboxylic acids is 1. The van der Waals surface area contributed by atoms with Crippen LogP contribution in [0.1, 0.15) is 60.2 Å². The highest BCUT2D eigenvalue weighted by Crippen LogP contribution is 2.45. The SMILES string of the molecule is COc1cc(C(=O)N2CCC3(CC2)CC(=O)C(=NC(C)C)/C(=C\N)C3)cc(-c2ccc(C(=O)O)cc2)n1. The predicted octanol–water partition coefficient (Wildman–Crippen LogP) is 3.73. The molecule has 1 spiro atoms. The molecule has 1 amide bonds. The number of nitrogens with zero attached hydrogens (tertiary/aromatic N) is 3. The highest BCUT2D eigenvalue weighted by Gasteiger charge is 2.43. The van der Waals surface area contributed by atoms with Gasteiger partial charge in [0.15, 0.2) is 5.78 Å². The first-order valence-electron chi connectivity index (χ1n) is 12.4. The van der Waals surface area contributed by atoms with Gasteiger partial charge in [0.2, 0.25) is 5.88 Å². The quantitative estimate of drug-likeness (QED) is 0.633. The molecule has 1 saturated carbocycles. The number of carbonyl (C=O) groups is 3. The monoisotopic (exact) mass is 504 g/mol. The first-order valence-corrected chi connectivity index (χ1v) is 12.4. The van der Waals surface area contributed by atoms with Crippen LogP contribution < -0.4 is 10.5 Å².